The number of ether oxygens (including phenoxy) is 1. The molecule has 6 aromatic carbocycles. The van der Waals surface area contributed by atoms with Gasteiger partial charge >= 0.3 is 0 Å². The topological polar surface area (TPSA) is 22.4 Å². The largest absolute Gasteiger partial charge is 0.484 e. The third-order valence-electron chi connectivity index (χ3n) is 10.6. The molecule has 0 bridgehead atoms. The third kappa shape index (κ3) is 4.71. The Kier molecular flexibility index (Phi) is 6.80. The van der Waals surface area contributed by atoms with Crippen LogP contribution >= 0.6 is 0 Å². The molecule has 3 aliphatic rings. The van der Waals surface area contributed by atoms with Crippen molar-refractivity contribution in [2.75, 3.05) is 0 Å². The maximum absolute atomic E-state index is 7.08. The highest BCUT2D eigenvalue weighted by atomic mass is 16.5. The second kappa shape index (κ2) is 11.8. The van der Waals surface area contributed by atoms with Crippen molar-refractivity contribution in [3.8, 4) is 39.1 Å². The minimum atomic E-state index is -0.114. The van der Waals surface area contributed by atoms with Gasteiger partial charge in [0.15, 0.2) is 0 Å². The highest BCUT2D eigenvalue weighted by Gasteiger charge is 2.40. The smallest absolute Gasteiger partial charge is 0.147 e. The van der Waals surface area contributed by atoms with Crippen LogP contribution in [0.2, 0.25) is 0 Å². The lowest BCUT2D eigenvalue weighted by atomic mass is 9.83. The average Bonchev–Trinajstić information content (AvgIpc) is 3.76. The van der Waals surface area contributed by atoms with Crippen LogP contribution in [0.15, 0.2) is 174 Å². The van der Waals surface area contributed by atoms with Gasteiger partial charge in [-0.1, -0.05) is 164 Å². The van der Waals surface area contributed by atoms with Crippen molar-refractivity contribution >= 4 is 33.1 Å². The molecule has 0 saturated heterocycles. The van der Waals surface area contributed by atoms with Crippen LogP contribution in [0.4, 0.5) is 0 Å². The Morgan fingerprint density at radius 2 is 1.24 bits per heavy atom. The highest BCUT2D eigenvalue weighted by Crippen LogP contribution is 2.54. The van der Waals surface area contributed by atoms with Crippen LogP contribution in [0.5, 0.6) is 5.75 Å². The second-order valence-corrected chi connectivity index (χ2v) is 13.4. The van der Waals surface area contributed by atoms with Crippen LogP contribution < -0.4 is 4.74 Å². The Hall–Kier alpha value is -6.12. The summed E-state index contributed by atoms with van der Waals surface area (Å²) in [4.78, 5) is 0. The molecule has 2 heteroatoms. The SMILES string of the molecule is C1=CCCC(c2ccc(C3=CC=CC4c5cc6c(oc7c(-c8ccc(-c9ccccc9)cc8)cccc76)c(-c6ccccc6)c5OC34)cc2)=C1. The zero-order chi connectivity index (χ0) is 33.0. The molecule has 0 radical (unpaired) electrons. The van der Waals surface area contributed by atoms with Crippen molar-refractivity contribution < 1.29 is 9.15 Å². The Morgan fingerprint density at radius 1 is 0.540 bits per heavy atom. The molecule has 1 aliphatic heterocycles. The summed E-state index contributed by atoms with van der Waals surface area (Å²) in [7, 11) is 0. The molecule has 2 unspecified atom stereocenters. The van der Waals surface area contributed by atoms with E-state index in [9.17, 15) is 0 Å². The fraction of sp³-hybridized carbons (Fsp3) is 0.0833. The molecule has 0 saturated carbocycles. The number of rotatable bonds is 5. The standard InChI is InChI=1S/C48H34O2/c1-4-12-31(13-5-1)33-22-26-35(27-23-33)38-18-10-20-40-42-30-43-41-21-11-19-39(36-28-24-34(25-29-36)32-14-6-2-7-15-32)46(41)50-48(43)44(47(42)49-45(38)40)37-16-8-3-9-17-37/h1-6,8-14,16-30,41,46H,7,15H2. The van der Waals surface area contributed by atoms with E-state index in [1.165, 1.54) is 39.0 Å². The molecule has 10 rings (SSSR count). The van der Waals surface area contributed by atoms with Crippen LogP contribution in [-0.2, 0) is 0 Å². The molecule has 238 valence electrons. The van der Waals surface area contributed by atoms with Crippen LogP contribution in [0.25, 0.3) is 66.5 Å². The number of para-hydroxylation sites is 1. The first-order chi connectivity index (χ1) is 24.8. The normalized spacial score (nSPS) is 17.7. The van der Waals surface area contributed by atoms with Gasteiger partial charge in [0, 0.05) is 33.4 Å². The third-order valence-corrected chi connectivity index (χ3v) is 10.6. The van der Waals surface area contributed by atoms with Crippen molar-refractivity contribution in [1.82, 2.24) is 0 Å². The minimum absolute atomic E-state index is 0.0985. The van der Waals surface area contributed by atoms with E-state index >= 15 is 0 Å². The summed E-state index contributed by atoms with van der Waals surface area (Å²) in [6.45, 7) is 0. The van der Waals surface area contributed by atoms with E-state index in [4.69, 9.17) is 9.15 Å². The van der Waals surface area contributed by atoms with Gasteiger partial charge in [-0.3, -0.25) is 0 Å². The van der Waals surface area contributed by atoms with Crippen LogP contribution in [0.3, 0.4) is 0 Å². The predicted octanol–water partition coefficient (Wildman–Crippen LogP) is 12.8. The molecule has 1 aromatic heterocycles. The first-order valence-electron chi connectivity index (χ1n) is 17.6. The summed E-state index contributed by atoms with van der Waals surface area (Å²) in [5.41, 5.74) is 14.8. The number of hydrogen-bond donors (Lipinski definition) is 0. The quantitative estimate of drug-likeness (QED) is 0.186. The number of hydrogen-bond acceptors (Lipinski definition) is 2. The van der Waals surface area contributed by atoms with Gasteiger partial charge in [0.1, 0.15) is 23.0 Å². The molecular formula is C48H34O2. The molecule has 50 heavy (non-hydrogen) atoms. The summed E-state index contributed by atoms with van der Waals surface area (Å²) >= 11 is 0. The van der Waals surface area contributed by atoms with Gasteiger partial charge < -0.3 is 9.15 Å². The molecule has 0 fully saturated rings. The van der Waals surface area contributed by atoms with E-state index in [-0.39, 0.29) is 12.0 Å². The van der Waals surface area contributed by atoms with Crippen molar-refractivity contribution in [3.63, 3.8) is 0 Å². The lowest BCUT2D eigenvalue weighted by molar-refractivity contribution is 0.279. The number of furan rings is 1. The summed E-state index contributed by atoms with van der Waals surface area (Å²) in [5.74, 6) is 1.01. The van der Waals surface area contributed by atoms with E-state index in [0.717, 1.165) is 62.8 Å². The van der Waals surface area contributed by atoms with Crippen molar-refractivity contribution in [1.29, 1.82) is 0 Å². The summed E-state index contributed by atoms with van der Waals surface area (Å²) in [6.07, 6.45) is 15.4. The molecule has 2 heterocycles. The van der Waals surface area contributed by atoms with Crippen molar-refractivity contribution in [2.24, 2.45) is 0 Å². The Morgan fingerprint density at radius 3 is 2.00 bits per heavy atom. The summed E-state index contributed by atoms with van der Waals surface area (Å²) < 4.78 is 14.1. The van der Waals surface area contributed by atoms with Crippen LogP contribution in [-0.4, -0.2) is 6.10 Å². The first-order valence-corrected chi connectivity index (χ1v) is 17.6. The molecule has 0 amide bonds. The monoisotopic (exact) mass is 642 g/mol. The molecule has 2 atom stereocenters. The molecule has 2 aliphatic carbocycles. The van der Waals surface area contributed by atoms with Gasteiger partial charge in [-0.25, -0.2) is 0 Å². The number of benzene rings is 6. The van der Waals surface area contributed by atoms with Gasteiger partial charge in [-0.05, 0) is 57.9 Å². The Labute approximate surface area is 292 Å². The van der Waals surface area contributed by atoms with Gasteiger partial charge in [-0.2, -0.15) is 0 Å². The molecular weight excluding hydrogens is 609 g/mol. The van der Waals surface area contributed by atoms with E-state index in [1.807, 2.05) is 0 Å². The zero-order valence-electron chi connectivity index (χ0n) is 27.6. The van der Waals surface area contributed by atoms with E-state index < -0.39 is 0 Å². The molecule has 0 N–H and O–H groups in total. The second-order valence-electron chi connectivity index (χ2n) is 13.4. The average molecular weight is 643 g/mol. The van der Waals surface area contributed by atoms with Crippen molar-refractivity contribution in [3.05, 3.63) is 187 Å². The van der Waals surface area contributed by atoms with Gasteiger partial charge in [0.25, 0.3) is 0 Å². The van der Waals surface area contributed by atoms with E-state index in [1.54, 1.807) is 0 Å². The molecule has 7 aromatic rings. The Bertz CT molecular complexity index is 2530. The van der Waals surface area contributed by atoms with Crippen LogP contribution in [0, 0.1) is 0 Å². The van der Waals surface area contributed by atoms with Gasteiger partial charge in [0.05, 0.1) is 5.56 Å². The lowest BCUT2D eigenvalue weighted by Gasteiger charge is -2.23. The minimum Gasteiger partial charge on any atom is -0.484 e. The van der Waals surface area contributed by atoms with E-state index in [2.05, 4.69) is 170 Å². The first kappa shape index (κ1) is 28.9. The predicted molar refractivity (Wildman–Crippen MR) is 207 cm³/mol. The molecule has 2 nitrogen and oxygen atoms in total. The Balaban J connectivity index is 1.08. The maximum atomic E-state index is 7.08. The van der Waals surface area contributed by atoms with Crippen LogP contribution in [0.1, 0.15) is 35.4 Å². The van der Waals surface area contributed by atoms with Gasteiger partial charge in [0.2, 0.25) is 0 Å². The number of allylic oxidation sites excluding steroid dienone is 6. The lowest BCUT2D eigenvalue weighted by Crippen LogP contribution is -2.21. The fourth-order valence-electron chi connectivity index (χ4n) is 8.06. The van der Waals surface area contributed by atoms with Crippen molar-refractivity contribution in [2.45, 2.75) is 24.9 Å². The highest BCUT2D eigenvalue weighted by molar-refractivity contribution is 6.14. The maximum Gasteiger partial charge on any atom is 0.147 e. The molecule has 0 spiro atoms. The fourth-order valence-corrected chi connectivity index (χ4v) is 8.06. The summed E-state index contributed by atoms with van der Waals surface area (Å²) in [6, 6.07) is 47.8. The number of fused-ring (bicyclic) bond motifs is 6. The van der Waals surface area contributed by atoms with Gasteiger partial charge in [-0.15, -0.1) is 0 Å². The zero-order valence-corrected chi connectivity index (χ0v) is 27.6. The summed E-state index contributed by atoms with van der Waals surface area (Å²) in [5, 5.41) is 2.24. The van der Waals surface area contributed by atoms with E-state index in [0.29, 0.717) is 0 Å².